The molecule has 0 radical (unpaired) electrons. The highest BCUT2D eigenvalue weighted by molar-refractivity contribution is 6.30. The number of Topliss-reactive ketones (excluding diaryl/α,β-unsaturated/α-hetero) is 1. The van der Waals surface area contributed by atoms with Gasteiger partial charge in [-0.3, -0.25) is 9.59 Å². The minimum absolute atomic E-state index is 0.0730. The average Bonchev–Trinajstić information content (AvgIpc) is 2.45. The van der Waals surface area contributed by atoms with Crippen molar-refractivity contribution >= 4 is 23.3 Å². The summed E-state index contributed by atoms with van der Waals surface area (Å²) in [5.41, 5.74) is 5.82. The summed E-state index contributed by atoms with van der Waals surface area (Å²) in [5, 5.41) is 3.26. The van der Waals surface area contributed by atoms with Gasteiger partial charge in [-0.15, -0.1) is 0 Å². The molecular weight excluding hydrogens is 280 g/mol. The van der Waals surface area contributed by atoms with Gasteiger partial charge in [0, 0.05) is 36.5 Å². The van der Waals surface area contributed by atoms with Crippen molar-refractivity contribution in [2.24, 2.45) is 5.73 Å². The molecule has 0 heterocycles. The molecule has 0 saturated carbocycles. The Balaban J connectivity index is 2.20. The monoisotopic (exact) mass is 298 g/mol. The molecule has 1 amide bonds. The Kier molecular flexibility index (Phi) is 7.87. The molecule has 110 valence electrons. The van der Waals surface area contributed by atoms with Crippen LogP contribution >= 0.6 is 11.6 Å². The fourth-order valence-electron chi connectivity index (χ4n) is 1.54. The molecule has 0 atom stereocenters. The van der Waals surface area contributed by atoms with Gasteiger partial charge in [-0.1, -0.05) is 11.6 Å². The topological polar surface area (TPSA) is 81.4 Å². The molecule has 0 spiro atoms. The number of nitrogens with two attached hydrogens (primary N) is 1. The second-order valence-electron chi connectivity index (χ2n) is 4.18. The van der Waals surface area contributed by atoms with E-state index in [1.54, 1.807) is 24.3 Å². The van der Waals surface area contributed by atoms with Crippen LogP contribution in [-0.4, -0.2) is 38.0 Å². The van der Waals surface area contributed by atoms with Gasteiger partial charge in [0.05, 0.1) is 13.2 Å². The molecule has 1 rings (SSSR count). The van der Waals surface area contributed by atoms with Gasteiger partial charge < -0.3 is 15.8 Å². The van der Waals surface area contributed by atoms with Gasteiger partial charge in [0.25, 0.3) is 0 Å². The molecule has 0 unspecified atom stereocenters. The highest BCUT2D eigenvalue weighted by atomic mass is 35.5. The molecule has 1 aromatic carbocycles. The number of hydrogen-bond acceptors (Lipinski definition) is 4. The summed E-state index contributed by atoms with van der Waals surface area (Å²) < 4.78 is 5.12. The second-order valence-corrected chi connectivity index (χ2v) is 4.62. The Hall–Kier alpha value is -1.43. The van der Waals surface area contributed by atoms with Gasteiger partial charge in [0.15, 0.2) is 5.78 Å². The number of amides is 1. The molecular formula is C14H19ClN2O3. The first-order chi connectivity index (χ1) is 9.63. The van der Waals surface area contributed by atoms with Crippen LogP contribution in [0.4, 0.5) is 0 Å². The maximum Gasteiger partial charge on any atom is 0.220 e. The molecule has 0 aliphatic rings. The predicted molar refractivity (Wildman–Crippen MR) is 77.9 cm³/mol. The second kappa shape index (κ2) is 9.47. The molecule has 5 nitrogen and oxygen atoms in total. The van der Waals surface area contributed by atoms with Crippen LogP contribution < -0.4 is 11.1 Å². The number of ketones is 1. The van der Waals surface area contributed by atoms with Crippen LogP contribution in [0, 0.1) is 0 Å². The highest BCUT2D eigenvalue weighted by Gasteiger charge is 2.08. The third kappa shape index (κ3) is 6.65. The maximum atomic E-state index is 11.8. The molecule has 0 bridgehead atoms. The number of carbonyl (C=O) groups is 2. The molecule has 0 aromatic heterocycles. The van der Waals surface area contributed by atoms with E-state index in [1.165, 1.54) is 0 Å². The van der Waals surface area contributed by atoms with Crippen LogP contribution in [0.5, 0.6) is 0 Å². The lowest BCUT2D eigenvalue weighted by molar-refractivity contribution is -0.121. The molecule has 6 heteroatoms. The molecule has 0 aliphatic heterocycles. The van der Waals surface area contributed by atoms with Crippen LogP contribution in [0.25, 0.3) is 0 Å². The van der Waals surface area contributed by atoms with E-state index in [1.807, 2.05) is 0 Å². The lowest BCUT2D eigenvalue weighted by Crippen LogP contribution is -2.28. The fraction of sp³-hybridized carbons (Fsp3) is 0.429. The van der Waals surface area contributed by atoms with Crippen molar-refractivity contribution in [1.82, 2.24) is 5.32 Å². The number of nitrogens with one attached hydrogen (secondary N) is 1. The van der Waals surface area contributed by atoms with Crippen LogP contribution in [0.3, 0.4) is 0 Å². The normalized spacial score (nSPS) is 10.3. The minimum atomic E-state index is -0.163. The average molecular weight is 299 g/mol. The quantitative estimate of drug-likeness (QED) is 0.533. The number of hydrogen-bond donors (Lipinski definition) is 2. The van der Waals surface area contributed by atoms with Gasteiger partial charge in [-0.05, 0) is 24.3 Å². The first kappa shape index (κ1) is 16.6. The standard InChI is InChI=1S/C14H19ClN2O3/c15-12-3-1-11(2-4-12)13(18)5-6-14(19)17-8-10-20-9-7-16/h1-4H,5-10,16H2,(H,17,19). The number of benzene rings is 1. The Morgan fingerprint density at radius 3 is 2.50 bits per heavy atom. The Morgan fingerprint density at radius 1 is 1.15 bits per heavy atom. The van der Waals surface area contributed by atoms with Crippen molar-refractivity contribution in [2.75, 3.05) is 26.3 Å². The lowest BCUT2D eigenvalue weighted by Gasteiger charge is -2.05. The van der Waals surface area contributed by atoms with E-state index < -0.39 is 0 Å². The van der Waals surface area contributed by atoms with E-state index in [9.17, 15) is 9.59 Å². The highest BCUT2D eigenvalue weighted by Crippen LogP contribution is 2.11. The van der Waals surface area contributed by atoms with Gasteiger partial charge >= 0.3 is 0 Å². The number of halogens is 1. The maximum absolute atomic E-state index is 11.8. The predicted octanol–water partition coefficient (Wildman–Crippen LogP) is 1.39. The van der Waals surface area contributed by atoms with E-state index in [4.69, 9.17) is 22.1 Å². The van der Waals surface area contributed by atoms with E-state index in [0.29, 0.717) is 36.9 Å². The summed E-state index contributed by atoms with van der Waals surface area (Å²) >= 11 is 5.74. The summed E-state index contributed by atoms with van der Waals surface area (Å²) in [6, 6.07) is 6.62. The zero-order valence-electron chi connectivity index (χ0n) is 11.2. The van der Waals surface area contributed by atoms with Crippen molar-refractivity contribution in [3.8, 4) is 0 Å². The summed E-state index contributed by atoms with van der Waals surface area (Å²) in [4.78, 5) is 23.3. The third-order valence-corrected chi connectivity index (χ3v) is 2.83. The van der Waals surface area contributed by atoms with E-state index in [2.05, 4.69) is 5.32 Å². The smallest absolute Gasteiger partial charge is 0.220 e. The number of carbonyl (C=O) groups excluding carboxylic acids is 2. The van der Waals surface area contributed by atoms with Crippen molar-refractivity contribution in [3.05, 3.63) is 34.9 Å². The van der Waals surface area contributed by atoms with Crippen LogP contribution in [-0.2, 0) is 9.53 Å². The van der Waals surface area contributed by atoms with Gasteiger partial charge in [-0.2, -0.15) is 0 Å². The lowest BCUT2D eigenvalue weighted by atomic mass is 10.1. The van der Waals surface area contributed by atoms with Gasteiger partial charge in [0.1, 0.15) is 0 Å². The van der Waals surface area contributed by atoms with Gasteiger partial charge in [-0.25, -0.2) is 0 Å². The zero-order chi connectivity index (χ0) is 14.8. The molecule has 0 saturated heterocycles. The van der Waals surface area contributed by atoms with Crippen molar-refractivity contribution in [3.63, 3.8) is 0 Å². The van der Waals surface area contributed by atoms with E-state index in [0.717, 1.165) is 0 Å². The zero-order valence-corrected chi connectivity index (χ0v) is 12.0. The van der Waals surface area contributed by atoms with Crippen molar-refractivity contribution < 1.29 is 14.3 Å². The number of rotatable bonds is 9. The molecule has 20 heavy (non-hydrogen) atoms. The van der Waals surface area contributed by atoms with Crippen LogP contribution in [0.2, 0.25) is 5.02 Å². The largest absolute Gasteiger partial charge is 0.378 e. The first-order valence-corrected chi connectivity index (χ1v) is 6.84. The molecule has 1 aromatic rings. The van der Waals surface area contributed by atoms with Gasteiger partial charge in [0.2, 0.25) is 5.91 Å². The first-order valence-electron chi connectivity index (χ1n) is 6.46. The van der Waals surface area contributed by atoms with Crippen molar-refractivity contribution in [1.29, 1.82) is 0 Å². The Morgan fingerprint density at radius 2 is 1.85 bits per heavy atom. The minimum Gasteiger partial charge on any atom is -0.378 e. The molecule has 0 aliphatic carbocycles. The summed E-state index contributed by atoms with van der Waals surface area (Å²) in [5.74, 6) is -0.236. The number of ether oxygens (including phenoxy) is 1. The fourth-order valence-corrected chi connectivity index (χ4v) is 1.67. The molecule has 0 fully saturated rings. The SMILES string of the molecule is NCCOCCNC(=O)CCC(=O)c1ccc(Cl)cc1. The van der Waals surface area contributed by atoms with Crippen LogP contribution in [0.15, 0.2) is 24.3 Å². The van der Waals surface area contributed by atoms with E-state index in [-0.39, 0.29) is 24.5 Å². The van der Waals surface area contributed by atoms with E-state index >= 15 is 0 Å². The van der Waals surface area contributed by atoms with Crippen LogP contribution in [0.1, 0.15) is 23.2 Å². The Bertz CT molecular complexity index is 435. The third-order valence-electron chi connectivity index (χ3n) is 2.58. The van der Waals surface area contributed by atoms with Crippen molar-refractivity contribution in [2.45, 2.75) is 12.8 Å². The summed E-state index contributed by atoms with van der Waals surface area (Å²) in [7, 11) is 0. The Labute approximate surface area is 123 Å². The molecule has 3 N–H and O–H groups in total. The summed E-state index contributed by atoms with van der Waals surface area (Å²) in [6.45, 7) is 1.79. The summed E-state index contributed by atoms with van der Waals surface area (Å²) in [6.07, 6.45) is 0.343.